The number of amides is 3. The Hall–Kier alpha value is -2.25. The van der Waals surface area contributed by atoms with Gasteiger partial charge in [-0.2, -0.15) is 0 Å². The van der Waals surface area contributed by atoms with Crippen molar-refractivity contribution in [3.05, 3.63) is 12.2 Å². The van der Waals surface area contributed by atoms with E-state index in [4.69, 9.17) is 9.84 Å². The van der Waals surface area contributed by atoms with Gasteiger partial charge in [-0.05, 0) is 31.8 Å². The molecule has 5 N–H and O–H groups in total. The third-order valence-electron chi connectivity index (χ3n) is 5.80. The number of rotatable bonds is 3. The molecule has 3 rings (SSSR count). The maximum Gasteiger partial charge on any atom is 0.309 e. The number of carboxylic acid groups (broad SMARTS) is 1. The Kier molecular flexibility index (Phi) is 9.25. The molecule has 0 aromatic carbocycles. The smallest absolute Gasteiger partial charge is 0.309 e. The van der Waals surface area contributed by atoms with Gasteiger partial charge in [0.2, 0.25) is 17.7 Å². The van der Waals surface area contributed by atoms with Crippen molar-refractivity contribution >= 4 is 51.2 Å². The summed E-state index contributed by atoms with van der Waals surface area (Å²) in [5.74, 6) is -2.74. The monoisotopic (exact) mass is 515 g/mol. The van der Waals surface area contributed by atoms with Gasteiger partial charge in [0.1, 0.15) is 18.2 Å². The van der Waals surface area contributed by atoms with Gasteiger partial charge in [0.15, 0.2) is 0 Å². The minimum Gasteiger partial charge on any atom is -0.481 e. The Morgan fingerprint density at radius 1 is 1.12 bits per heavy atom. The summed E-state index contributed by atoms with van der Waals surface area (Å²) in [5, 5.41) is 27.6. The van der Waals surface area contributed by atoms with Crippen molar-refractivity contribution in [2.45, 2.75) is 74.8 Å². The van der Waals surface area contributed by atoms with Crippen LogP contribution >= 0.6 is 21.6 Å². The number of allylic oxidation sites excluding steroid dienone is 1. The molecule has 0 aromatic rings. The average Bonchev–Trinajstić information content (AvgIpc) is 3.54. The summed E-state index contributed by atoms with van der Waals surface area (Å²) in [5.41, 5.74) is -0.976. The quantitative estimate of drug-likeness (QED) is 0.194. The van der Waals surface area contributed by atoms with E-state index in [2.05, 4.69) is 16.0 Å². The molecule has 1 unspecified atom stereocenters. The predicted molar refractivity (Wildman–Crippen MR) is 125 cm³/mol. The number of hydrogen-bond donors (Lipinski definition) is 5. The van der Waals surface area contributed by atoms with Gasteiger partial charge in [0.25, 0.3) is 0 Å². The lowest BCUT2D eigenvalue weighted by molar-refractivity contribution is -0.151. The van der Waals surface area contributed by atoms with Crippen LogP contribution in [0.5, 0.6) is 0 Å². The molecule has 3 amide bonds. The average molecular weight is 516 g/mol. The summed E-state index contributed by atoms with van der Waals surface area (Å²) in [6, 6.07) is -2.17. The molecule has 4 atom stereocenters. The standard InChI is InChI=1S/C21H29N3O8S2/c25-15-10-18(29)32-12-3-1-2-8-33-34-11-14(20(31)24-21(15)6-7-21)23-19(30)13(4-5-17(27)28)22-16(26)9-12/h1,3,12-15,25H,2,4-11H2,(H,22,26)(H,23,30)(H,24,31)(H,27,28)/t12-,13-,14-,15?/m1/s1. The first kappa shape index (κ1) is 26.4. The molecule has 1 aliphatic carbocycles. The van der Waals surface area contributed by atoms with Crippen LogP contribution in [0, 0.1) is 0 Å². The van der Waals surface area contributed by atoms with Crippen LogP contribution in [0.3, 0.4) is 0 Å². The molecule has 2 aliphatic heterocycles. The lowest BCUT2D eigenvalue weighted by Gasteiger charge is -2.27. The molecule has 0 radical (unpaired) electrons. The SMILES string of the molecule is O=C(O)CC[C@H]1NC(=O)C[C@H]2C=CCCSSC[C@@H](NC1=O)C(=O)NC1(CC1)C(O)CC(=O)O2. The van der Waals surface area contributed by atoms with Crippen LogP contribution in [0.25, 0.3) is 0 Å². The highest BCUT2D eigenvalue weighted by atomic mass is 33.1. The van der Waals surface area contributed by atoms with E-state index in [-0.39, 0.29) is 31.4 Å². The van der Waals surface area contributed by atoms with E-state index in [1.165, 1.54) is 21.6 Å². The molecule has 2 fully saturated rings. The van der Waals surface area contributed by atoms with Gasteiger partial charge >= 0.3 is 11.9 Å². The number of hydrogen-bond acceptors (Lipinski definition) is 9. The van der Waals surface area contributed by atoms with Gasteiger partial charge in [0.05, 0.1) is 24.5 Å². The topological polar surface area (TPSA) is 171 Å². The van der Waals surface area contributed by atoms with Crippen LogP contribution < -0.4 is 16.0 Å². The van der Waals surface area contributed by atoms with E-state index in [1.54, 1.807) is 12.2 Å². The van der Waals surface area contributed by atoms with Gasteiger partial charge < -0.3 is 30.9 Å². The van der Waals surface area contributed by atoms with Gasteiger partial charge in [-0.3, -0.25) is 24.0 Å². The highest BCUT2D eigenvalue weighted by Gasteiger charge is 2.51. The maximum absolute atomic E-state index is 13.1. The number of carbonyl (C=O) groups is 5. The van der Waals surface area contributed by atoms with Gasteiger partial charge in [-0.1, -0.05) is 27.7 Å². The summed E-state index contributed by atoms with van der Waals surface area (Å²) < 4.78 is 5.42. The Balaban J connectivity index is 1.94. The van der Waals surface area contributed by atoms with Crippen LogP contribution in [0.1, 0.15) is 44.9 Å². The van der Waals surface area contributed by atoms with Crippen molar-refractivity contribution in [2.24, 2.45) is 0 Å². The minimum absolute atomic E-state index is 0.175. The van der Waals surface area contributed by atoms with E-state index in [0.29, 0.717) is 25.0 Å². The zero-order valence-corrected chi connectivity index (χ0v) is 20.1. The number of ether oxygens (including phenoxy) is 1. The summed E-state index contributed by atoms with van der Waals surface area (Å²) in [7, 11) is 2.90. The third-order valence-corrected chi connectivity index (χ3v) is 8.24. The molecule has 34 heavy (non-hydrogen) atoms. The van der Waals surface area contributed by atoms with Crippen LogP contribution in [0.2, 0.25) is 0 Å². The molecule has 1 saturated carbocycles. The molecule has 11 nitrogen and oxygen atoms in total. The molecule has 13 heteroatoms. The summed E-state index contributed by atoms with van der Waals surface area (Å²) >= 11 is 0. The summed E-state index contributed by atoms with van der Waals surface area (Å²) in [6.45, 7) is 0. The van der Waals surface area contributed by atoms with Gasteiger partial charge in [0, 0.05) is 17.9 Å². The Labute approximate surface area is 204 Å². The Morgan fingerprint density at radius 3 is 2.59 bits per heavy atom. The zero-order valence-electron chi connectivity index (χ0n) is 18.5. The van der Waals surface area contributed by atoms with E-state index >= 15 is 0 Å². The maximum atomic E-state index is 13.1. The first-order chi connectivity index (χ1) is 16.2. The second kappa shape index (κ2) is 11.9. The summed E-state index contributed by atoms with van der Waals surface area (Å²) in [4.78, 5) is 62.3. The van der Waals surface area contributed by atoms with Crippen molar-refractivity contribution in [3.8, 4) is 0 Å². The first-order valence-corrected chi connectivity index (χ1v) is 13.6. The zero-order chi connectivity index (χ0) is 24.7. The molecule has 3 aliphatic rings. The number of aliphatic hydroxyl groups is 1. The predicted octanol–water partition coefficient (Wildman–Crippen LogP) is -0.123. The fourth-order valence-corrected chi connectivity index (χ4v) is 5.85. The van der Waals surface area contributed by atoms with Crippen molar-refractivity contribution in [1.29, 1.82) is 0 Å². The number of carboxylic acids is 1. The molecule has 188 valence electrons. The third kappa shape index (κ3) is 7.64. The van der Waals surface area contributed by atoms with Crippen molar-refractivity contribution in [1.82, 2.24) is 16.0 Å². The normalized spacial score (nSPS) is 30.6. The van der Waals surface area contributed by atoms with Crippen molar-refractivity contribution in [2.75, 3.05) is 11.5 Å². The number of carbonyl (C=O) groups excluding carboxylic acids is 4. The van der Waals surface area contributed by atoms with E-state index < -0.39 is 59.5 Å². The molecular weight excluding hydrogens is 486 g/mol. The molecule has 2 heterocycles. The fraction of sp³-hybridized carbons (Fsp3) is 0.667. The molecule has 2 bridgehead atoms. The highest BCUT2D eigenvalue weighted by Crippen LogP contribution is 2.40. The van der Waals surface area contributed by atoms with Crippen LogP contribution in [-0.4, -0.2) is 81.2 Å². The van der Waals surface area contributed by atoms with Gasteiger partial charge in [-0.25, -0.2) is 0 Å². The number of aliphatic hydroxyl groups excluding tert-OH is 1. The van der Waals surface area contributed by atoms with Gasteiger partial charge in [-0.15, -0.1) is 0 Å². The van der Waals surface area contributed by atoms with Crippen molar-refractivity contribution < 1.29 is 38.9 Å². The van der Waals surface area contributed by atoms with E-state index in [1.807, 2.05) is 0 Å². The molecule has 1 spiro atoms. The van der Waals surface area contributed by atoms with E-state index in [9.17, 15) is 29.1 Å². The number of esters is 1. The molecule has 1 saturated heterocycles. The second-order valence-electron chi connectivity index (χ2n) is 8.53. The van der Waals surface area contributed by atoms with Crippen molar-refractivity contribution in [3.63, 3.8) is 0 Å². The lowest BCUT2D eigenvalue weighted by atomic mass is 10.0. The van der Waals surface area contributed by atoms with Crippen LogP contribution in [0.15, 0.2) is 12.2 Å². The number of fused-ring (bicyclic) bond motifs is 7. The first-order valence-electron chi connectivity index (χ1n) is 11.1. The second-order valence-corrected chi connectivity index (χ2v) is 11.2. The lowest BCUT2D eigenvalue weighted by Crippen LogP contribution is -2.57. The number of aliphatic carboxylic acids is 1. The van der Waals surface area contributed by atoms with Crippen LogP contribution in [0.4, 0.5) is 0 Å². The highest BCUT2D eigenvalue weighted by molar-refractivity contribution is 8.76. The van der Waals surface area contributed by atoms with Crippen LogP contribution in [-0.2, 0) is 28.7 Å². The Bertz CT molecular complexity index is 848. The largest absolute Gasteiger partial charge is 0.481 e. The molecular formula is C21H29N3O8S2. The summed E-state index contributed by atoms with van der Waals surface area (Å²) in [6.07, 6.45) is 1.69. The Morgan fingerprint density at radius 2 is 1.88 bits per heavy atom. The minimum atomic E-state index is -1.19. The molecule has 0 aromatic heterocycles. The fourth-order valence-electron chi connectivity index (χ4n) is 3.69. The van der Waals surface area contributed by atoms with E-state index in [0.717, 1.165) is 0 Å². The number of nitrogens with one attached hydrogen (secondary N) is 3.